The number of hydrogen-bond acceptors (Lipinski definition) is 3. The van der Waals surface area contributed by atoms with Crippen LogP contribution in [-0.2, 0) is 6.54 Å². The maximum Gasteiger partial charge on any atom is 0.272 e. The SMILES string of the molecule is Cc1c(CNc2ccc(Cl)c(Br)c2)cccc1[N+](=O)[O-]. The van der Waals surface area contributed by atoms with Crippen molar-refractivity contribution in [2.75, 3.05) is 5.32 Å². The molecule has 0 saturated heterocycles. The van der Waals surface area contributed by atoms with Gasteiger partial charge in [0.2, 0.25) is 0 Å². The lowest BCUT2D eigenvalue weighted by molar-refractivity contribution is -0.385. The molecular formula is C14H12BrClN2O2. The highest BCUT2D eigenvalue weighted by atomic mass is 79.9. The molecule has 0 aliphatic heterocycles. The Kier molecular flexibility index (Phi) is 4.62. The summed E-state index contributed by atoms with van der Waals surface area (Å²) >= 11 is 9.29. The number of rotatable bonds is 4. The number of anilines is 1. The molecule has 20 heavy (non-hydrogen) atoms. The number of nitro groups is 1. The van der Waals surface area contributed by atoms with E-state index < -0.39 is 0 Å². The van der Waals surface area contributed by atoms with Gasteiger partial charge in [0.1, 0.15) is 0 Å². The molecule has 4 nitrogen and oxygen atoms in total. The minimum absolute atomic E-state index is 0.140. The number of nitro benzene ring substituents is 1. The van der Waals surface area contributed by atoms with Gasteiger partial charge >= 0.3 is 0 Å². The van der Waals surface area contributed by atoms with Crippen molar-refractivity contribution in [3.63, 3.8) is 0 Å². The summed E-state index contributed by atoms with van der Waals surface area (Å²) < 4.78 is 0.805. The first-order valence-corrected chi connectivity index (χ1v) is 7.08. The number of hydrogen-bond donors (Lipinski definition) is 1. The van der Waals surface area contributed by atoms with E-state index in [4.69, 9.17) is 11.6 Å². The minimum atomic E-state index is -0.363. The minimum Gasteiger partial charge on any atom is -0.381 e. The molecule has 0 fully saturated rings. The molecule has 0 bridgehead atoms. The van der Waals surface area contributed by atoms with Crippen molar-refractivity contribution in [3.05, 3.63) is 67.1 Å². The molecule has 0 aliphatic carbocycles. The lowest BCUT2D eigenvalue weighted by atomic mass is 10.1. The molecule has 0 aromatic heterocycles. The van der Waals surface area contributed by atoms with Gasteiger partial charge in [0.15, 0.2) is 0 Å². The van der Waals surface area contributed by atoms with Crippen LogP contribution in [-0.4, -0.2) is 4.92 Å². The van der Waals surface area contributed by atoms with Crippen LogP contribution in [0.5, 0.6) is 0 Å². The Bertz CT molecular complexity index is 662. The van der Waals surface area contributed by atoms with Gasteiger partial charge < -0.3 is 5.32 Å². The van der Waals surface area contributed by atoms with Crippen LogP contribution >= 0.6 is 27.5 Å². The predicted octanol–water partition coefficient (Wildman–Crippen LogP) is 4.93. The first-order valence-electron chi connectivity index (χ1n) is 5.91. The van der Waals surface area contributed by atoms with Crippen LogP contribution in [0.3, 0.4) is 0 Å². The van der Waals surface area contributed by atoms with Gasteiger partial charge in [-0.1, -0.05) is 23.7 Å². The summed E-state index contributed by atoms with van der Waals surface area (Å²) in [4.78, 5) is 10.5. The third kappa shape index (κ3) is 3.29. The molecule has 1 N–H and O–H groups in total. The van der Waals surface area contributed by atoms with Crippen molar-refractivity contribution in [2.24, 2.45) is 0 Å². The Hall–Kier alpha value is -1.59. The number of nitrogens with zero attached hydrogens (tertiary/aromatic N) is 1. The zero-order chi connectivity index (χ0) is 14.7. The summed E-state index contributed by atoms with van der Waals surface area (Å²) in [5.74, 6) is 0. The Morgan fingerprint density at radius 3 is 2.75 bits per heavy atom. The highest BCUT2D eigenvalue weighted by Crippen LogP contribution is 2.26. The molecule has 0 heterocycles. The molecule has 0 radical (unpaired) electrons. The first kappa shape index (κ1) is 14.8. The van der Waals surface area contributed by atoms with E-state index in [1.54, 1.807) is 19.1 Å². The van der Waals surface area contributed by atoms with Crippen LogP contribution in [0.2, 0.25) is 5.02 Å². The molecule has 2 aromatic carbocycles. The van der Waals surface area contributed by atoms with Crippen LogP contribution in [0.15, 0.2) is 40.9 Å². The number of nitrogens with one attached hydrogen (secondary N) is 1. The number of halogens is 2. The second-order valence-corrected chi connectivity index (χ2v) is 5.56. The highest BCUT2D eigenvalue weighted by Gasteiger charge is 2.12. The summed E-state index contributed by atoms with van der Waals surface area (Å²) in [7, 11) is 0. The fourth-order valence-electron chi connectivity index (χ4n) is 1.86. The Labute approximate surface area is 130 Å². The standard InChI is InChI=1S/C14H12BrClN2O2/c1-9-10(3-2-4-14(9)18(19)20)8-17-11-5-6-13(16)12(15)7-11/h2-7,17H,8H2,1H3. The molecule has 0 saturated carbocycles. The van der Waals surface area contributed by atoms with E-state index in [9.17, 15) is 10.1 Å². The van der Waals surface area contributed by atoms with E-state index in [1.165, 1.54) is 6.07 Å². The van der Waals surface area contributed by atoms with Crippen molar-refractivity contribution in [1.82, 2.24) is 0 Å². The van der Waals surface area contributed by atoms with Gasteiger partial charge in [-0.25, -0.2) is 0 Å². The third-order valence-corrected chi connectivity index (χ3v) is 4.23. The fraction of sp³-hybridized carbons (Fsp3) is 0.143. The van der Waals surface area contributed by atoms with Crippen molar-refractivity contribution in [2.45, 2.75) is 13.5 Å². The Morgan fingerprint density at radius 2 is 2.10 bits per heavy atom. The smallest absolute Gasteiger partial charge is 0.272 e. The van der Waals surface area contributed by atoms with Crippen LogP contribution in [0.4, 0.5) is 11.4 Å². The molecule has 0 amide bonds. The summed E-state index contributed by atoms with van der Waals surface area (Å²) in [5.41, 5.74) is 2.61. The third-order valence-electron chi connectivity index (χ3n) is 3.02. The molecule has 0 atom stereocenters. The summed E-state index contributed by atoms with van der Waals surface area (Å²) in [6.45, 7) is 2.27. The first-order chi connectivity index (χ1) is 9.49. The zero-order valence-electron chi connectivity index (χ0n) is 10.7. The van der Waals surface area contributed by atoms with Gasteiger partial charge in [-0.3, -0.25) is 10.1 Å². The average Bonchev–Trinajstić information content (AvgIpc) is 2.41. The van der Waals surface area contributed by atoms with E-state index in [0.717, 1.165) is 15.7 Å². The second-order valence-electron chi connectivity index (χ2n) is 4.30. The van der Waals surface area contributed by atoms with Gasteiger partial charge in [-0.2, -0.15) is 0 Å². The van der Waals surface area contributed by atoms with Crippen molar-refractivity contribution >= 4 is 38.9 Å². The largest absolute Gasteiger partial charge is 0.381 e. The average molecular weight is 356 g/mol. The monoisotopic (exact) mass is 354 g/mol. The van der Waals surface area contributed by atoms with Crippen molar-refractivity contribution < 1.29 is 4.92 Å². The van der Waals surface area contributed by atoms with Crippen LogP contribution < -0.4 is 5.32 Å². The summed E-state index contributed by atoms with van der Waals surface area (Å²) in [6, 6.07) is 10.6. The van der Waals surface area contributed by atoms with Gasteiger partial charge in [0.05, 0.1) is 9.95 Å². The Morgan fingerprint density at radius 1 is 1.35 bits per heavy atom. The van der Waals surface area contributed by atoms with Gasteiger partial charge in [0.25, 0.3) is 5.69 Å². The highest BCUT2D eigenvalue weighted by molar-refractivity contribution is 9.10. The molecule has 0 unspecified atom stereocenters. The molecule has 2 rings (SSSR count). The molecule has 104 valence electrons. The fourth-order valence-corrected chi connectivity index (χ4v) is 2.36. The van der Waals surface area contributed by atoms with Gasteiger partial charge in [-0.05, 0) is 46.6 Å². The molecule has 0 spiro atoms. The second kappa shape index (κ2) is 6.24. The molecule has 6 heteroatoms. The van der Waals surface area contributed by atoms with Crippen molar-refractivity contribution in [1.29, 1.82) is 0 Å². The van der Waals surface area contributed by atoms with E-state index in [1.807, 2.05) is 18.2 Å². The topological polar surface area (TPSA) is 55.2 Å². The Balaban J connectivity index is 2.17. The van der Waals surface area contributed by atoms with E-state index in [0.29, 0.717) is 17.1 Å². The van der Waals surface area contributed by atoms with Gasteiger partial charge in [-0.15, -0.1) is 0 Å². The quantitative estimate of drug-likeness (QED) is 0.625. The van der Waals surface area contributed by atoms with E-state index >= 15 is 0 Å². The zero-order valence-corrected chi connectivity index (χ0v) is 13.0. The van der Waals surface area contributed by atoms with E-state index in [-0.39, 0.29) is 10.6 Å². The molecule has 2 aromatic rings. The number of benzene rings is 2. The summed E-state index contributed by atoms with van der Waals surface area (Å²) in [6.07, 6.45) is 0. The summed E-state index contributed by atoms with van der Waals surface area (Å²) in [5, 5.41) is 14.8. The normalized spacial score (nSPS) is 10.3. The van der Waals surface area contributed by atoms with E-state index in [2.05, 4.69) is 21.2 Å². The van der Waals surface area contributed by atoms with Crippen LogP contribution in [0, 0.1) is 17.0 Å². The maximum atomic E-state index is 10.9. The van der Waals surface area contributed by atoms with Gasteiger partial charge in [0, 0.05) is 28.3 Å². The van der Waals surface area contributed by atoms with Crippen molar-refractivity contribution in [3.8, 4) is 0 Å². The lowest BCUT2D eigenvalue weighted by Crippen LogP contribution is -2.03. The van der Waals surface area contributed by atoms with Crippen LogP contribution in [0.25, 0.3) is 0 Å². The lowest BCUT2D eigenvalue weighted by Gasteiger charge is -2.10. The molecular weight excluding hydrogens is 344 g/mol. The molecule has 0 aliphatic rings. The van der Waals surface area contributed by atoms with Crippen LogP contribution in [0.1, 0.15) is 11.1 Å². The predicted molar refractivity (Wildman–Crippen MR) is 84.3 cm³/mol. The maximum absolute atomic E-state index is 10.9.